The van der Waals surface area contributed by atoms with Gasteiger partial charge in [-0.1, -0.05) is 12.8 Å². The lowest BCUT2D eigenvalue weighted by Crippen LogP contribution is -2.42. The minimum atomic E-state index is 0.121. The molecule has 1 saturated carbocycles. The van der Waals surface area contributed by atoms with Gasteiger partial charge in [-0.05, 0) is 25.7 Å². The van der Waals surface area contributed by atoms with E-state index in [9.17, 15) is 0 Å². The average Bonchev–Trinajstić information content (AvgIpc) is 3.09. The number of fused-ring (bicyclic) bond motifs is 1. The Morgan fingerprint density at radius 3 is 3.05 bits per heavy atom. The van der Waals surface area contributed by atoms with Gasteiger partial charge in [0.1, 0.15) is 11.8 Å². The quantitative estimate of drug-likeness (QED) is 0.877. The summed E-state index contributed by atoms with van der Waals surface area (Å²) in [4.78, 5) is 15.8. The predicted molar refractivity (Wildman–Crippen MR) is 75.5 cm³/mol. The van der Waals surface area contributed by atoms with Gasteiger partial charge >= 0.3 is 0 Å². The summed E-state index contributed by atoms with van der Waals surface area (Å²) >= 11 is 0. The van der Waals surface area contributed by atoms with Gasteiger partial charge in [0.2, 0.25) is 0 Å². The van der Waals surface area contributed by atoms with Gasteiger partial charge in [-0.3, -0.25) is 0 Å². The molecule has 1 aliphatic heterocycles. The third-order valence-corrected chi connectivity index (χ3v) is 4.57. The van der Waals surface area contributed by atoms with Crippen LogP contribution < -0.4 is 5.32 Å². The summed E-state index contributed by atoms with van der Waals surface area (Å²) in [6.45, 7) is 0.842. The van der Waals surface area contributed by atoms with Gasteiger partial charge in [0.25, 0.3) is 0 Å². The van der Waals surface area contributed by atoms with E-state index in [1.165, 1.54) is 25.7 Å². The highest BCUT2D eigenvalue weighted by molar-refractivity contribution is 5.82. The third-order valence-electron chi connectivity index (χ3n) is 4.57. The highest BCUT2D eigenvalue weighted by Gasteiger charge is 2.40. The number of nitrogens with one attached hydrogen (secondary N) is 2. The molecule has 2 aromatic heterocycles. The Labute approximate surface area is 117 Å². The summed E-state index contributed by atoms with van der Waals surface area (Å²) in [5.41, 5.74) is 1.72. The van der Waals surface area contributed by atoms with Crippen LogP contribution in [0.5, 0.6) is 0 Å². The van der Waals surface area contributed by atoms with E-state index in [1.54, 1.807) is 12.7 Å². The van der Waals surface area contributed by atoms with Crippen LogP contribution in [0, 0.1) is 0 Å². The normalized spacial score (nSPS) is 25.3. The minimum Gasteiger partial charge on any atom is -0.375 e. The molecule has 1 saturated heterocycles. The third kappa shape index (κ3) is 2.04. The Morgan fingerprint density at radius 2 is 2.15 bits per heavy atom. The van der Waals surface area contributed by atoms with E-state index in [0.717, 1.165) is 30.8 Å². The number of anilines is 1. The molecule has 6 heteroatoms. The summed E-state index contributed by atoms with van der Waals surface area (Å²) in [6, 6.07) is 0.420. The second-order valence-corrected chi connectivity index (χ2v) is 5.90. The number of aromatic amines is 1. The van der Waals surface area contributed by atoms with Gasteiger partial charge in [-0.15, -0.1) is 0 Å². The van der Waals surface area contributed by atoms with Crippen molar-refractivity contribution in [1.29, 1.82) is 0 Å². The zero-order valence-corrected chi connectivity index (χ0v) is 11.4. The molecule has 2 aromatic rings. The van der Waals surface area contributed by atoms with Crippen LogP contribution in [0.4, 0.5) is 5.82 Å². The van der Waals surface area contributed by atoms with Crippen LogP contribution in [0.3, 0.4) is 0 Å². The smallest absolute Gasteiger partial charge is 0.182 e. The molecule has 1 atom stereocenters. The largest absolute Gasteiger partial charge is 0.375 e. The number of rotatable bonds is 2. The topological polar surface area (TPSA) is 75.7 Å². The van der Waals surface area contributed by atoms with E-state index in [4.69, 9.17) is 4.74 Å². The minimum absolute atomic E-state index is 0.121. The lowest BCUT2D eigenvalue weighted by Gasteiger charge is -2.38. The Balaban J connectivity index is 1.55. The summed E-state index contributed by atoms with van der Waals surface area (Å²) in [5.74, 6) is 0.854. The number of hydrogen-bond acceptors (Lipinski definition) is 5. The maximum absolute atomic E-state index is 6.07. The standard InChI is InChI=1S/C14H19N5O/c1-2-5-14(4-1)7-10(3-6-20-14)19-13-11-12(16-8-15-11)17-9-18-13/h8-10H,1-7H2,(H2,15,16,17,18,19). The first kappa shape index (κ1) is 12.1. The molecule has 1 aliphatic carbocycles. The van der Waals surface area contributed by atoms with Crippen molar-refractivity contribution in [3.8, 4) is 0 Å². The van der Waals surface area contributed by atoms with Crippen LogP contribution in [0.15, 0.2) is 12.7 Å². The van der Waals surface area contributed by atoms with Crippen molar-refractivity contribution in [3.05, 3.63) is 12.7 Å². The Kier molecular flexibility index (Phi) is 2.84. The van der Waals surface area contributed by atoms with Gasteiger partial charge in [0.05, 0.1) is 11.9 Å². The van der Waals surface area contributed by atoms with E-state index < -0.39 is 0 Å². The monoisotopic (exact) mass is 273 g/mol. The fourth-order valence-corrected chi connectivity index (χ4v) is 3.59. The van der Waals surface area contributed by atoms with E-state index in [0.29, 0.717) is 11.7 Å². The number of nitrogens with zero attached hydrogens (tertiary/aromatic N) is 3. The number of hydrogen-bond donors (Lipinski definition) is 2. The van der Waals surface area contributed by atoms with Crippen LogP contribution in [0.25, 0.3) is 11.2 Å². The Morgan fingerprint density at radius 1 is 1.25 bits per heavy atom. The van der Waals surface area contributed by atoms with Crippen molar-refractivity contribution in [2.75, 3.05) is 11.9 Å². The maximum Gasteiger partial charge on any atom is 0.182 e. The van der Waals surface area contributed by atoms with Crippen LogP contribution in [0.1, 0.15) is 38.5 Å². The first-order chi connectivity index (χ1) is 9.85. The lowest BCUT2D eigenvalue weighted by molar-refractivity contribution is -0.0767. The highest BCUT2D eigenvalue weighted by atomic mass is 16.5. The number of ether oxygens (including phenoxy) is 1. The van der Waals surface area contributed by atoms with E-state index in [-0.39, 0.29) is 5.60 Å². The zero-order valence-electron chi connectivity index (χ0n) is 11.4. The molecule has 106 valence electrons. The van der Waals surface area contributed by atoms with Crippen LogP contribution in [0.2, 0.25) is 0 Å². The molecule has 4 rings (SSSR count). The highest BCUT2D eigenvalue weighted by Crippen LogP contribution is 2.40. The molecule has 0 aromatic carbocycles. The zero-order chi connectivity index (χ0) is 13.4. The van der Waals surface area contributed by atoms with E-state index in [1.807, 2.05) is 0 Å². The lowest BCUT2D eigenvalue weighted by atomic mass is 9.89. The molecular formula is C14H19N5O. The molecule has 0 amide bonds. The molecular weight excluding hydrogens is 254 g/mol. The van der Waals surface area contributed by atoms with Crippen molar-refractivity contribution in [3.63, 3.8) is 0 Å². The van der Waals surface area contributed by atoms with E-state index >= 15 is 0 Å². The van der Waals surface area contributed by atoms with Gasteiger partial charge in [-0.2, -0.15) is 0 Å². The summed E-state index contributed by atoms with van der Waals surface area (Å²) < 4.78 is 6.07. The molecule has 1 unspecified atom stereocenters. The molecule has 2 fully saturated rings. The number of aromatic nitrogens is 4. The first-order valence-corrected chi connectivity index (χ1v) is 7.39. The molecule has 6 nitrogen and oxygen atoms in total. The molecule has 20 heavy (non-hydrogen) atoms. The van der Waals surface area contributed by atoms with Crippen LogP contribution >= 0.6 is 0 Å². The molecule has 2 N–H and O–H groups in total. The molecule has 0 radical (unpaired) electrons. The molecule has 0 bridgehead atoms. The van der Waals surface area contributed by atoms with Crippen molar-refractivity contribution in [2.24, 2.45) is 0 Å². The van der Waals surface area contributed by atoms with Crippen molar-refractivity contribution < 1.29 is 4.74 Å². The summed E-state index contributed by atoms with van der Waals surface area (Å²) in [7, 11) is 0. The number of H-pyrrole nitrogens is 1. The van der Waals surface area contributed by atoms with E-state index in [2.05, 4.69) is 25.3 Å². The average molecular weight is 273 g/mol. The van der Waals surface area contributed by atoms with Crippen LogP contribution in [-0.4, -0.2) is 38.2 Å². The fourth-order valence-electron chi connectivity index (χ4n) is 3.59. The molecule has 1 spiro atoms. The predicted octanol–water partition coefficient (Wildman–Crippen LogP) is 2.26. The van der Waals surface area contributed by atoms with Crippen molar-refractivity contribution in [2.45, 2.75) is 50.2 Å². The summed E-state index contributed by atoms with van der Waals surface area (Å²) in [5, 5.41) is 3.56. The first-order valence-electron chi connectivity index (χ1n) is 7.39. The van der Waals surface area contributed by atoms with Crippen molar-refractivity contribution >= 4 is 17.0 Å². The molecule has 2 aliphatic rings. The Bertz CT molecular complexity index is 604. The van der Waals surface area contributed by atoms with Gasteiger partial charge in [0, 0.05) is 12.6 Å². The SMILES string of the molecule is c1nc(NC2CCOC3(CCCC3)C2)c2[nH]cnc2n1. The van der Waals surface area contributed by atoms with Gasteiger partial charge < -0.3 is 15.0 Å². The summed E-state index contributed by atoms with van der Waals surface area (Å²) in [6.07, 6.45) is 10.3. The maximum atomic E-state index is 6.07. The van der Waals surface area contributed by atoms with Crippen molar-refractivity contribution in [1.82, 2.24) is 19.9 Å². The second kappa shape index (κ2) is 4.70. The fraction of sp³-hybridized carbons (Fsp3) is 0.643. The number of imidazole rings is 1. The van der Waals surface area contributed by atoms with Gasteiger partial charge in [-0.25, -0.2) is 15.0 Å². The van der Waals surface area contributed by atoms with Crippen LogP contribution in [-0.2, 0) is 4.74 Å². The van der Waals surface area contributed by atoms with Gasteiger partial charge in [0.15, 0.2) is 11.5 Å². The Hall–Kier alpha value is -1.69. The second-order valence-electron chi connectivity index (χ2n) is 5.90. The molecule has 3 heterocycles.